The third-order valence-electron chi connectivity index (χ3n) is 4.16. The second-order valence-electron chi connectivity index (χ2n) is 5.65. The van der Waals surface area contributed by atoms with Gasteiger partial charge in [0.1, 0.15) is 0 Å². The Morgan fingerprint density at radius 3 is 2.48 bits per heavy atom. The van der Waals surface area contributed by atoms with Crippen molar-refractivity contribution in [1.29, 1.82) is 0 Å². The van der Waals surface area contributed by atoms with E-state index in [-0.39, 0.29) is 11.8 Å². The molecule has 0 radical (unpaired) electrons. The Kier molecular flexibility index (Phi) is 4.79. The fourth-order valence-electron chi connectivity index (χ4n) is 2.75. The van der Waals surface area contributed by atoms with Gasteiger partial charge in [0.25, 0.3) is 11.8 Å². The molecule has 1 heterocycles. The Morgan fingerprint density at radius 2 is 1.80 bits per heavy atom. The van der Waals surface area contributed by atoms with Crippen LogP contribution in [0.4, 0.5) is 5.69 Å². The number of benzene rings is 2. The van der Waals surface area contributed by atoms with Gasteiger partial charge >= 0.3 is 0 Å². The van der Waals surface area contributed by atoms with Crippen LogP contribution in [-0.4, -0.2) is 40.0 Å². The van der Waals surface area contributed by atoms with Gasteiger partial charge in [-0.25, -0.2) is 0 Å². The van der Waals surface area contributed by atoms with Crippen LogP contribution >= 0.6 is 0 Å². The number of carbonyl (C=O) groups is 2. The molecule has 0 atom stereocenters. The summed E-state index contributed by atoms with van der Waals surface area (Å²) >= 11 is 0. The number of aromatic amines is 1. The average Bonchev–Trinajstić information content (AvgIpc) is 3.12. The molecule has 0 unspecified atom stereocenters. The highest BCUT2D eigenvalue weighted by Crippen LogP contribution is 2.18. The van der Waals surface area contributed by atoms with Crippen LogP contribution in [0.5, 0.6) is 0 Å². The van der Waals surface area contributed by atoms with E-state index in [1.807, 2.05) is 26.0 Å². The first-order valence-electron chi connectivity index (χ1n) is 8.26. The Morgan fingerprint density at radius 1 is 1.08 bits per heavy atom. The molecule has 3 rings (SSSR count). The van der Waals surface area contributed by atoms with Gasteiger partial charge in [-0.1, -0.05) is 12.1 Å². The molecule has 0 saturated heterocycles. The summed E-state index contributed by atoms with van der Waals surface area (Å²) in [5, 5.41) is 10.5. The Bertz CT molecular complexity index is 895. The molecule has 2 amide bonds. The fraction of sp³-hybridized carbons (Fsp3) is 0.211. The number of aromatic nitrogens is 2. The number of amides is 2. The van der Waals surface area contributed by atoms with Gasteiger partial charge < -0.3 is 10.2 Å². The van der Waals surface area contributed by atoms with Crippen molar-refractivity contribution in [2.45, 2.75) is 13.8 Å². The van der Waals surface area contributed by atoms with Crippen LogP contribution in [-0.2, 0) is 0 Å². The summed E-state index contributed by atoms with van der Waals surface area (Å²) < 4.78 is 0. The van der Waals surface area contributed by atoms with Gasteiger partial charge in [0.05, 0.1) is 17.3 Å². The van der Waals surface area contributed by atoms with Gasteiger partial charge in [0.15, 0.2) is 0 Å². The minimum atomic E-state index is -0.224. The molecule has 0 saturated carbocycles. The number of fused-ring (bicyclic) bond motifs is 1. The van der Waals surface area contributed by atoms with E-state index in [0.717, 1.165) is 5.39 Å². The molecule has 2 aromatic carbocycles. The monoisotopic (exact) mass is 336 g/mol. The molecule has 2 N–H and O–H groups in total. The summed E-state index contributed by atoms with van der Waals surface area (Å²) in [4.78, 5) is 26.6. The number of nitrogens with zero attached hydrogens (tertiary/aromatic N) is 2. The van der Waals surface area contributed by atoms with Crippen LogP contribution in [0.15, 0.2) is 48.7 Å². The zero-order chi connectivity index (χ0) is 17.8. The number of carbonyl (C=O) groups excluding carboxylic acids is 2. The van der Waals surface area contributed by atoms with Crippen molar-refractivity contribution >= 4 is 28.4 Å². The van der Waals surface area contributed by atoms with Crippen molar-refractivity contribution < 1.29 is 9.59 Å². The molecular formula is C19H20N4O2. The molecule has 0 aliphatic rings. The van der Waals surface area contributed by atoms with Gasteiger partial charge in [0.2, 0.25) is 0 Å². The minimum Gasteiger partial charge on any atom is -0.339 e. The normalized spacial score (nSPS) is 10.6. The first kappa shape index (κ1) is 16.7. The molecule has 6 nitrogen and oxygen atoms in total. The number of rotatable bonds is 5. The lowest BCUT2D eigenvalue weighted by atomic mass is 10.1. The second kappa shape index (κ2) is 7.17. The lowest BCUT2D eigenvalue weighted by molar-refractivity contribution is 0.0773. The number of hydrogen-bond acceptors (Lipinski definition) is 3. The maximum absolute atomic E-state index is 12.5. The average molecular weight is 336 g/mol. The number of anilines is 1. The zero-order valence-electron chi connectivity index (χ0n) is 14.2. The summed E-state index contributed by atoms with van der Waals surface area (Å²) in [7, 11) is 0. The van der Waals surface area contributed by atoms with Gasteiger partial charge in [0, 0.05) is 29.7 Å². The van der Waals surface area contributed by atoms with E-state index in [1.54, 1.807) is 41.4 Å². The van der Waals surface area contributed by atoms with Gasteiger partial charge in [-0.15, -0.1) is 0 Å². The molecule has 6 heteroatoms. The van der Waals surface area contributed by atoms with Crippen LogP contribution in [0.1, 0.15) is 34.6 Å². The quantitative estimate of drug-likeness (QED) is 0.750. The fourth-order valence-corrected chi connectivity index (χ4v) is 2.75. The van der Waals surface area contributed by atoms with Crippen molar-refractivity contribution in [3.05, 3.63) is 59.8 Å². The molecular weight excluding hydrogens is 316 g/mol. The van der Waals surface area contributed by atoms with E-state index < -0.39 is 0 Å². The molecule has 1 aromatic heterocycles. The summed E-state index contributed by atoms with van der Waals surface area (Å²) in [6.45, 7) is 5.24. The summed E-state index contributed by atoms with van der Waals surface area (Å²) in [5.74, 6) is -0.234. The largest absolute Gasteiger partial charge is 0.339 e. The van der Waals surface area contributed by atoms with E-state index in [0.29, 0.717) is 35.4 Å². The standard InChI is InChI=1S/C19H20N4O2/c1-3-23(4-2)19(25)13-8-10-15(11-9-13)21-18(24)16-7-5-6-14-12-20-22-17(14)16/h5-12H,3-4H2,1-2H3,(H,20,22)(H,21,24). The third kappa shape index (κ3) is 3.38. The molecule has 0 spiro atoms. The number of H-pyrrole nitrogens is 1. The highest BCUT2D eigenvalue weighted by atomic mass is 16.2. The molecule has 3 aromatic rings. The van der Waals surface area contributed by atoms with Crippen molar-refractivity contribution in [3.8, 4) is 0 Å². The van der Waals surface area contributed by atoms with Gasteiger partial charge in [-0.3, -0.25) is 14.7 Å². The van der Waals surface area contributed by atoms with E-state index in [2.05, 4.69) is 15.5 Å². The summed E-state index contributed by atoms with van der Waals surface area (Å²) in [6, 6.07) is 12.4. The lowest BCUT2D eigenvalue weighted by Gasteiger charge is -2.18. The van der Waals surface area contributed by atoms with Crippen LogP contribution in [0.25, 0.3) is 10.9 Å². The third-order valence-corrected chi connectivity index (χ3v) is 4.16. The van der Waals surface area contributed by atoms with Crippen LogP contribution in [0, 0.1) is 0 Å². The molecule has 0 fully saturated rings. The molecule has 25 heavy (non-hydrogen) atoms. The van der Waals surface area contributed by atoms with Crippen molar-refractivity contribution in [3.63, 3.8) is 0 Å². The van der Waals surface area contributed by atoms with Crippen molar-refractivity contribution in [2.24, 2.45) is 0 Å². The lowest BCUT2D eigenvalue weighted by Crippen LogP contribution is -2.30. The Hall–Kier alpha value is -3.15. The Labute approximate surface area is 145 Å². The van der Waals surface area contributed by atoms with Gasteiger partial charge in [-0.2, -0.15) is 5.10 Å². The predicted octanol–water partition coefficient (Wildman–Crippen LogP) is 3.30. The molecule has 0 aliphatic heterocycles. The van der Waals surface area contributed by atoms with Crippen molar-refractivity contribution in [1.82, 2.24) is 15.1 Å². The van der Waals surface area contributed by atoms with Crippen LogP contribution in [0.2, 0.25) is 0 Å². The maximum Gasteiger partial charge on any atom is 0.257 e. The van der Waals surface area contributed by atoms with Crippen LogP contribution < -0.4 is 5.32 Å². The van der Waals surface area contributed by atoms with E-state index >= 15 is 0 Å². The van der Waals surface area contributed by atoms with E-state index in [4.69, 9.17) is 0 Å². The first-order valence-corrected chi connectivity index (χ1v) is 8.26. The SMILES string of the molecule is CCN(CC)C(=O)c1ccc(NC(=O)c2cccc3cn[nH]c23)cc1. The highest BCUT2D eigenvalue weighted by Gasteiger charge is 2.14. The first-order chi connectivity index (χ1) is 12.1. The predicted molar refractivity (Wildman–Crippen MR) is 97.7 cm³/mol. The number of hydrogen-bond donors (Lipinski definition) is 2. The van der Waals surface area contributed by atoms with E-state index in [1.165, 1.54) is 0 Å². The summed E-state index contributed by atoms with van der Waals surface area (Å²) in [6.07, 6.45) is 1.68. The second-order valence-corrected chi connectivity index (χ2v) is 5.65. The smallest absolute Gasteiger partial charge is 0.257 e. The molecule has 128 valence electrons. The number of para-hydroxylation sites is 1. The Balaban J connectivity index is 1.76. The molecule has 0 aliphatic carbocycles. The topological polar surface area (TPSA) is 78.1 Å². The highest BCUT2D eigenvalue weighted by molar-refractivity contribution is 6.11. The zero-order valence-corrected chi connectivity index (χ0v) is 14.2. The van der Waals surface area contributed by atoms with E-state index in [9.17, 15) is 9.59 Å². The van der Waals surface area contributed by atoms with Crippen molar-refractivity contribution in [2.75, 3.05) is 18.4 Å². The summed E-state index contributed by atoms with van der Waals surface area (Å²) in [5.41, 5.74) is 2.47. The number of nitrogens with one attached hydrogen (secondary N) is 2. The molecule has 0 bridgehead atoms. The van der Waals surface area contributed by atoms with Gasteiger partial charge in [-0.05, 0) is 44.2 Å². The minimum absolute atomic E-state index is 0.00916. The van der Waals surface area contributed by atoms with Crippen LogP contribution in [0.3, 0.4) is 0 Å². The maximum atomic E-state index is 12.5.